The molecule has 3 aliphatic rings. The van der Waals surface area contributed by atoms with Gasteiger partial charge in [-0.25, -0.2) is 4.99 Å². The van der Waals surface area contributed by atoms with Crippen molar-refractivity contribution in [1.82, 2.24) is 20.4 Å². The Morgan fingerprint density at radius 3 is 2.43 bits per heavy atom. The van der Waals surface area contributed by atoms with Crippen LogP contribution in [0, 0.1) is 0 Å². The van der Waals surface area contributed by atoms with E-state index in [9.17, 15) is 0 Å². The molecule has 3 atom stereocenters. The normalized spacial score (nSPS) is 27.1. The summed E-state index contributed by atoms with van der Waals surface area (Å²) in [4.78, 5) is 10.0. The second kappa shape index (κ2) is 11.6. The molecule has 0 saturated carbocycles. The Morgan fingerprint density at radius 2 is 1.80 bits per heavy atom. The Bertz CT molecular complexity index is 692. The lowest BCUT2D eigenvalue weighted by Gasteiger charge is -2.34. The number of halogens is 1. The van der Waals surface area contributed by atoms with Crippen LogP contribution in [0.3, 0.4) is 0 Å². The number of fused-ring (bicyclic) bond motifs is 2. The Kier molecular flexibility index (Phi) is 9.22. The summed E-state index contributed by atoms with van der Waals surface area (Å²) in [5.74, 6) is 0.917. The van der Waals surface area contributed by atoms with E-state index in [-0.39, 0.29) is 24.0 Å². The molecule has 0 aromatic heterocycles. The number of likely N-dealkylation sites (N-methyl/N-ethyl adjacent to an activating group) is 1. The zero-order chi connectivity index (χ0) is 20.1. The lowest BCUT2D eigenvalue weighted by atomic mass is 9.96. The Hall–Kier alpha value is -0.900. The van der Waals surface area contributed by atoms with Crippen LogP contribution in [0.2, 0.25) is 0 Å². The quantitative estimate of drug-likeness (QED) is 0.325. The van der Waals surface area contributed by atoms with Crippen LogP contribution in [0.5, 0.6) is 0 Å². The summed E-state index contributed by atoms with van der Waals surface area (Å²) in [5.41, 5.74) is 2.73. The molecule has 3 saturated heterocycles. The van der Waals surface area contributed by atoms with Crippen molar-refractivity contribution < 1.29 is 4.74 Å². The topological polar surface area (TPSA) is 52.1 Å². The van der Waals surface area contributed by atoms with Crippen LogP contribution in [0.1, 0.15) is 44.2 Å². The van der Waals surface area contributed by atoms with Gasteiger partial charge in [0, 0.05) is 39.3 Å². The van der Waals surface area contributed by atoms with Crippen molar-refractivity contribution in [2.45, 2.75) is 64.4 Å². The number of aliphatic imine (C=N–C) groups is 1. The largest absolute Gasteiger partial charge is 0.373 e. The van der Waals surface area contributed by atoms with Gasteiger partial charge in [0.15, 0.2) is 5.96 Å². The molecular weight excluding hydrogens is 489 g/mol. The summed E-state index contributed by atoms with van der Waals surface area (Å²) >= 11 is 0. The smallest absolute Gasteiger partial charge is 0.191 e. The molecule has 3 heterocycles. The maximum absolute atomic E-state index is 5.99. The monoisotopic (exact) mass is 527 g/mol. The van der Waals surface area contributed by atoms with Crippen LogP contribution in [0.4, 0.5) is 0 Å². The molecule has 30 heavy (non-hydrogen) atoms. The highest BCUT2D eigenvalue weighted by molar-refractivity contribution is 14.0. The van der Waals surface area contributed by atoms with Crippen molar-refractivity contribution in [1.29, 1.82) is 0 Å². The third kappa shape index (κ3) is 6.08. The van der Waals surface area contributed by atoms with Gasteiger partial charge in [-0.15, -0.1) is 24.0 Å². The average molecular weight is 527 g/mol. The number of benzene rings is 1. The predicted octanol–water partition coefficient (Wildman–Crippen LogP) is 2.82. The molecule has 168 valence electrons. The first-order valence-corrected chi connectivity index (χ1v) is 11.5. The van der Waals surface area contributed by atoms with Gasteiger partial charge < -0.3 is 20.3 Å². The SMILES string of the molecule is CCNC(=NCc1ccccc1CN1CCN(CC)CC1)NC1CC2CCC1O2.I. The van der Waals surface area contributed by atoms with Crippen molar-refractivity contribution in [2.24, 2.45) is 4.99 Å². The Balaban J connectivity index is 0.00000256. The molecule has 3 unspecified atom stereocenters. The van der Waals surface area contributed by atoms with Gasteiger partial charge in [0.25, 0.3) is 0 Å². The maximum Gasteiger partial charge on any atom is 0.191 e. The minimum Gasteiger partial charge on any atom is -0.373 e. The second-order valence-corrected chi connectivity index (χ2v) is 8.53. The zero-order valence-electron chi connectivity index (χ0n) is 18.5. The van der Waals surface area contributed by atoms with Gasteiger partial charge in [-0.05, 0) is 43.9 Å². The number of nitrogens with one attached hydrogen (secondary N) is 2. The molecule has 0 aliphatic carbocycles. The molecule has 0 radical (unpaired) electrons. The van der Waals surface area contributed by atoms with Gasteiger partial charge in [-0.3, -0.25) is 4.90 Å². The van der Waals surface area contributed by atoms with Gasteiger partial charge in [0.1, 0.15) is 0 Å². The van der Waals surface area contributed by atoms with E-state index in [0.29, 0.717) is 24.8 Å². The first kappa shape index (κ1) is 23.8. The summed E-state index contributed by atoms with van der Waals surface area (Å²) in [6.45, 7) is 12.8. The lowest BCUT2D eigenvalue weighted by Crippen LogP contribution is -2.47. The molecule has 3 fully saturated rings. The van der Waals surface area contributed by atoms with Gasteiger partial charge in [-0.1, -0.05) is 31.2 Å². The molecule has 1 aromatic carbocycles. The van der Waals surface area contributed by atoms with Gasteiger partial charge in [0.2, 0.25) is 0 Å². The minimum absolute atomic E-state index is 0. The Morgan fingerprint density at radius 1 is 1.07 bits per heavy atom. The first-order chi connectivity index (χ1) is 14.2. The molecule has 0 amide bonds. The third-order valence-electron chi connectivity index (χ3n) is 6.60. The highest BCUT2D eigenvalue weighted by atomic mass is 127. The molecule has 4 rings (SSSR count). The van der Waals surface area contributed by atoms with Crippen molar-refractivity contribution in [3.63, 3.8) is 0 Å². The second-order valence-electron chi connectivity index (χ2n) is 8.53. The first-order valence-electron chi connectivity index (χ1n) is 11.5. The molecule has 6 nitrogen and oxygen atoms in total. The summed E-state index contributed by atoms with van der Waals surface area (Å²) in [7, 11) is 0. The molecule has 7 heteroatoms. The van der Waals surface area contributed by atoms with Gasteiger partial charge >= 0.3 is 0 Å². The molecule has 1 aromatic rings. The number of nitrogens with zero attached hydrogens (tertiary/aromatic N) is 3. The molecule has 2 bridgehead atoms. The van der Waals surface area contributed by atoms with E-state index in [0.717, 1.165) is 45.1 Å². The number of hydrogen-bond donors (Lipinski definition) is 2. The number of piperazine rings is 1. The highest BCUT2D eigenvalue weighted by Gasteiger charge is 2.41. The molecule has 0 spiro atoms. The van der Waals surface area contributed by atoms with Crippen molar-refractivity contribution in [2.75, 3.05) is 39.3 Å². The van der Waals surface area contributed by atoms with Crippen molar-refractivity contribution in [3.8, 4) is 0 Å². The minimum atomic E-state index is 0. The lowest BCUT2D eigenvalue weighted by molar-refractivity contribution is 0.0992. The van der Waals surface area contributed by atoms with Crippen LogP contribution in [0.15, 0.2) is 29.3 Å². The summed E-state index contributed by atoms with van der Waals surface area (Å²) in [6, 6.07) is 9.18. The molecular formula is C23H38IN5O. The number of ether oxygens (including phenoxy) is 1. The third-order valence-corrected chi connectivity index (χ3v) is 6.60. The fraction of sp³-hybridized carbons (Fsp3) is 0.696. The van der Waals surface area contributed by atoms with E-state index in [2.05, 4.69) is 58.5 Å². The summed E-state index contributed by atoms with van der Waals surface area (Å²) in [6.07, 6.45) is 4.31. The number of hydrogen-bond acceptors (Lipinski definition) is 4. The molecule has 3 aliphatic heterocycles. The van der Waals surface area contributed by atoms with E-state index >= 15 is 0 Å². The van der Waals surface area contributed by atoms with Crippen LogP contribution in [0.25, 0.3) is 0 Å². The summed E-state index contributed by atoms with van der Waals surface area (Å²) in [5, 5.41) is 7.05. The van der Waals surface area contributed by atoms with E-state index in [4.69, 9.17) is 9.73 Å². The van der Waals surface area contributed by atoms with Crippen molar-refractivity contribution in [3.05, 3.63) is 35.4 Å². The number of guanidine groups is 1. The fourth-order valence-corrected chi connectivity index (χ4v) is 4.82. The molecule has 2 N–H and O–H groups in total. The van der Waals surface area contributed by atoms with Gasteiger partial charge in [0.05, 0.1) is 24.8 Å². The highest BCUT2D eigenvalue weighted by Crippen LogP contribution is 2.34. The fourth-order valence-electron chi connectivity index (χ4n) is 4.82. The van der Waals surface area contributed by atoms with E-state index in [1.165, 1.54) is 37.1 Å². The van der Waals surface area contributed by atoms with Gasteiger partial charge in [-0.2, -0.15) is 0 Å². The van der Waals surface area contributed by atoms with Crippen LogP contribution in [-0.2, 0) is 17.8 Å². The predicted molar refractivity (Wildman–Crippen MR) is 133 cm³/mol. The van der Waals surface area contributed by atoms with Crippen LogP contribution in [-0.4, -0.2) is 73.3 Å². The Labute approximate surface area is 198 Å². The van der Waals surface area contributed by atoms with E-state index in [1.807, 2.05) is 0 Å². The van der Waals surface area contributed by atoms with E-state index in [1.54, 1.807) is 0 Å². The van der Waals surface area contributed by atoms with E-state index < -0.39 is 0 Å². The standard InChI is InChI=1S/C23H37N5O.HI/c1-3-24-23(26-21-15-20-9-10-22(21)29-20)25-16-18-7-5-6-8-19(18)17-28-13-11-27(4-2)12-14-28;/h5-8,20-22H,3-4,9-17H2,1-2H3,(H2,24,25,26);1H. The van der Waals surface area contributed by atoms with Crippen LogP contribution >= 0.6 is 24.0 Å². The summed E-state index contributed by atoms with van der Waals surface area (Å²) < 4.78 is 5.99. The maximum atomic E-state index is 5.99. The van der Waals surface area contributed by atoms with Crippen molar-refractivity contribution >= 4 is 29.9 Å². The number of rotatable bonds is 7. The average Bonchev–Trinajstić information content (AvgIpc) is 3.37. The van der Waals surface area contributed by atoms with Crippen LogP contribution < -0.4 is 10.6 Å². The zero-order valence-corrected chi connectivity index (χ0v) is 20.8.